The molecule has 0 fully saturated rings. The molecule has 1 aromatic carbocycles. The van der Waals surface area contributed by atoms with Crippen LogP contribution in [0, 0.1) is 5.82 Å². The monoisotopic (exact) mass is 293 g/mol. The lowest BCUT2D eigenvalue weighted by atomic mass is 9.98. The van der Waals surface area contributed by atoms with Crippen molar-refractivity contribution >= 4 is 21.9 Å². The molecule has 7 heteroatoms. The molecule has 0 heterocycles. The van der Waals surface area contributed by atoms with Gasteiger partial charge in [-0.1, -0.05) is 15.9 Å². The van der Waals surface area contributed by atoms with Crippen molar-refractivity contribution in [1.29, 1.82) is 0 Å². The van der Waals surface area contributed by atoms with Crippen molar-refractivity contribution in [3.05, 3.63) is 21.9 Å². The minimum atomic E-state index is -1.27. The lowest BCUT2D eigenvalue weighted by Crippen LogP contribution is -2.21. The van der Waals surface area contributed by atoms with Crippen LogP contribution in [-0.2, 0) is 4.79 Å². The van der Waals surface area contributed by atoms with E-state index in [0.29, 0.717) is 0 Å². The Morgan fingerprint density at radius 3 is 2.50 bits per heavy atom. The summed E-state index contributed by atoms with van der Waals surface area (Å²) in [5.74, 6) is -5.35. The number of carboxylic acid groups (broad SMARTS) is 1. The summed E-state index contributed by atoms with van der Waals surface area (Å²) in [4.78, 5) is 10.8. The van der Waals surface area contributed by atoms with Gasteiger partial charge >= 0.3 is 5.97 Å². The molecule has 88 valence electrons. The Labute approximate surface area is 98.4 Å². The largest absolute Gasteiger partial charge is 0.504 e. The van der Waals surface area contributed by atoms with Crippen molar-refractivity contribution in [2.24, 2.45) is 5.73 Å². The van der Waals surface area contributed by atoms with Gasteiger partial charge in [-0.05, 0) is 6.07 Å². The molecule has 1 unspecified atom stereocenters. The zero-order valence-electron chi connectivity index (χ0n) is 7.94. The van der Waals surface area contributed by atoms with E-state index in [0.717, 1.165) is 6.07 Å². The molecule has 0 aromatic heterocycles. The molecule has 0 aliphatic rings. The SMILES string of the molecule is NCC(C(=O)O)c1c(Br)cc(F)c(O)c1O. The Morgan fingerprint density at radius 1 is 1.50 bits per heavy atom. The fraction of sp³-hybridized carbons (Fsp3) is 0.222. The molecule has 5 N–H and O–H groups in total. The number of nitrogens with two attached hydrogens (primary N) is 1. The Morgan fingerprint density at radius 2 is 2.06 bits per heavy atom. The predicted octanol–water partition coefficient (Wildman–Crippen LogP) is 1.13. The summed E-state index contributed by atoms with van der Waals surface area (Å²) in [6.07, 6.45) is 0. The van der Waals surface area contributed by atoms with Gasteiger partial charge in [0.15, 0.2) is 17.3 Å². The van der Waals surface area contributed by atoms with E-state index in [-0.39, 0.29) is 16.6 Å². The second-order valence-corrected chi connectivity index (χ2v) is 3.93. The van der Waals surface area contributed by atoms with Crippen molar-refractivity contribution in [2.75, 3.05) is 6.54 Å². The number of hydrogen-bond acceptors (Lipinski definition) is 4. The summed E-state index contributed by atoms with van der Waals surface area (Å²) >= 11 is 2.91. The van der Waals surface area contributed by atoms with E-state index in [9.17, 15) is 14.3 Å². The molecule has 0 saturated heterocycles. The molecule has 1 atom stereocenters. The molecular weight excluding hydrogens is 285 g/mol. The number of benzene rings is 1. The van der Waals surface area contributed by atoms with Gasteiger partial charge in [-0.15, -0.1) is 0 Å². The number of halogens is 2. The number of rotatable bonds is 3. The van der Waals surface area contributed by atoms with Crippen LogP contribution in [0.25, 0.3) is 0 Å². The first-order valence-corrected chi connectivity index (χ1v) is 5.02. The highest BCUT2D eigenvalue weighted by atomic mass is 79.9. The average molecular weight is 294 g/mol. The van der Waals surface area contributed by atoms with E-state index < -0.39 is 29.2 Å². The Bertz CT molecular complexity index is 438. The molecule has 0 aliphatic carbocycles. The first-order chi connectivity index (χ1) is 7.40. The second-order valence-electron chi connectivity index (χ2n) is 3.08. The highest BCUT2D eigenvalue weighted by Crippen LogP contribution is 2.40. The van der Waals surface area contributed by atoms with Gasteiger partial charge in [0, 0.05) is 16.6 Å². The zero-order chi connectivity index (χ0) is 12.5. The summed E-state index contributed by atoms with van der Waals surface area (Å²) < 4.78 is 13.0. The number of phenolic OH excluding ortho intramolecular Hbond substituents is 2. The number of phenols is 2. The molecule has 0 aliphatic heterocycles. The average Bonchev–Trinajstić information content (AvgIpc) is 2.20. The molecule has 0 saturated carbocycles. The van der Waals surface area contributed by atoms with Crippen LogP contribution >= 0.6 is 15.9 Å². The van der Waals surface area contributed by atoms with E-state index in [1.54, 1.807) is 0 Å². The number of carbonyl (C=O) groups is 1. The smallest absolute Gasteiger partial charge is 0.312 e. The normalized spacial score (nSPS) is 12.4. The van der Waals surface area contributed by atoms with Crippen molar-refractivity contribution < 1.29 is 24.5 Å². The van der Waals surface area contributed by atoms with Gasteiger partial charge in [0.25, 0.3) is 0 Å². The third-order valence-electron chi connectivity index (χ3n) is 2.10. The van der Waals surface area contributed by atoms with E-state index >= 15 is 0 Å². The van der Waals surface area contributed by atoms with E-state index in [2.05, 4.69) is 15.9 Å². The molecule has 0 bridgehead atoms. The number of aromatic hydroxyl groups is 2. The van der Waals surface area contributed by atoms with E-state index in [4.69, 9.17) is 15.9 Å². The van der Waals surface area contributed by atoms with Crippen LogP contribution in [0.2, 0.25) is 0 Å². The molecule has 0 amide bonds. The Kier molecular flexibility index (Phi) is 3.71. The van der Waals surface area contributed by atoms with E-state index in [1.165, 1.54) is 0 Å². The quantitative estimate of drug-likeness (QED) is 0.626. The first-order valence-electron chi connectivity index (χ1n) is 4.22. The lowest BCUT2D eigenvalue weighted by molar-refractivity contribution is -0.138. The predicted molar refractivity (Wildman–Crippen MR) is 56.9 cm³/mol. The number of aliphatic carboxylic acids is 1. The summed E-state index contributed by atoms with van der Waals surface area (Å²) in [7, 11) is 0. The Hall–Kier alpha value is -1.34. The van der Waals surface area contributed by atoms with Gasteiger partial charge in [0.2, 0.25) is 0 Å². The van der Waals surface area contributed by atoms with Gasteiger partial charge in [0.05, 0.1) is 5.92 Å². The Balaban J connectivity index is 3.43. The van der Waals surface area contributed by atoms with Crippen LogP contribution < -0.4 is 5.73 Å². The second kappa shape index (κ2) is 4.67. The van der Waals surface area contributed by atoms with Crippen LogP contribution in [0.3, 0.4) is 0 Å². The molecule has 1 aromatic rings. The zero-order valence-corrected chi connectivity index (χ0v) is 9.53. The van der Waals surface area contributed by atoms with Gasteiger partial charge in [0.1, 0.15) is 0 Å². The third kappa shape index (κ3) is 2.10. The van der Waals surface area contributed by atoms with Crippen LogP contribution in [0.4, 0.5) is 4.39 Å². The van der Waals surface area contributed by atoms with Crippen molar-refractivity contribution in [3.8, 4) is 11.5 Å². The van der Waals surface area contributed by atoms with Gasteiger partial charge in [-0.3, -0.25) is 4.79 Å². The van der Waals surface area contributed by atoms with Crippen LogP contribution in [0.5, 0.6) is 11.5 Å². The molecule has 5 nitrogen and oxygen atoms in total. The first kappa shape index (κ1) is 12.7. The van der Waals surface area contributed by atoms with Gasteiger partial charge in [-0.2, -0.15) is 0 Å². The van der Waals surface area contributed by atoms with Crippen molar-refractivity contribution in [3.63, 3.8) is 0 Å². The third-order valence-corrected chi connectivity index (χ3v) is 2.75. The maximum atomic E-state index is 13.0. The van der Waals surface area contributed by atoms with Gasteiger partial charge < -0.3 is 21.1 Å². The fourth-order valence-corrected chi connectivity index (χ4v) is 1.95. The van der Waals surface area contributed by atoms with Crippen LogP contribution in [-0.4, -0.2) is 27.8 Å². The number of hydrogen-bond donors (Lipinski definition) is 4. The molecule has 16 heavy (non-hydrogen) atoms. The minimum Gasteiger partial charge on any atom is -0.504 e. The standard InChI is InChI=1S/C9H9BrFNO4/c10-4-1-5(11)7(13)8(14)6(4)3(2-12)9(15)16/h1,3,13-14H,2,12H2,(H,15,16). The molecule has 1 rings (SSSR count). The summed E-state index contributed by atoms with van der Waals surface area (Å²) in [5, 5.41) is 27.5. The summed E-state index contributed by atoms with van der Waals surface area (Å²) in [6.45, 7) is -0.285. The van der Waals surface area contributed by atoms with Crippen molar-refractivity contribution in [1.82, 2.24) is 0 Å². The molecule has 0 radical (unpaired) electrons. The van der Waals surface area contributed by atoms with Crippen LogP contribution in [0.15, 0.2) is 10.5 Å². The molecule has 0 spiro atoms. The number of carboxylic acids is 1. The van der Waals surface area contributed by atoms with E-state index in [1.807, 2.05) is 0 Å². The lowest BCUT2D eigenvalue weighted by Gasteiger charge is -2.15. The highest BCUT2D eigenvalue weighted by Gasteiger charge is 2.27. The van der Waals surface area contributed by atoms with Crippen LogP contribution in [0.1, 0.15) is 11.5 Å². The molecular formula is C9H9BrFNO4. The maximum Gasteiger partial charge on any atom is 0.312 e. The fourth-order valence-electron chi connectivity index (χ4n) is 1.28. The summed E-state index contributed by atoms with van der Waals surface area (Å²) in [5.41, 5.74) is 5.10. The topological polar surface area (TPSA) is 104 Å². The van der Waals surface area contributed by atoms with Gasteiger partial charge in [-0.25, -0.2) is 4.39 Å². The highest BCUT2D eigenvalue weighted by molar-refractivity contribution is 9.10. The maximum absolute atomic E-state index is 13.0. The van der Waals surface area contributed by atoms with Crippen molar-refractivity contribution in [2.45, 2.75) is 5.92 Å². The minimum absolute atomic E-state index is 0.0400. The summed E-state index contributed by atoms with van der Waals surface area (Å²) in [6, 6.07) is 0.871.